The molecule has 1 aromatic rings. The standard InChI is InChI=1S/C18H21NO3S2/c1-5-9-22-14-8-7-13(10-15(14)21-4)11-16-17(20)19(12(3)6-2)18(23)24-16/h5,7-8,10-12H,1,6,9H2,2-4H3/b16-11+/t12-/m0/s1. The third kappa shape index (κ3) is 3.99. The molecule has 2 rings (SSSR count). The van der Waals surface area contributed by atoms with Crippen LogP contribution in [-0.2, 0) is 4.79 Å². The van der Waals surface area contributed by atoms with E-state index in [2.05, 4.69) is 6.58 Å². The number of benzene rings is 1. The lowest BCUT2D eigenvalue weighted by atomic mass is 10.1. The van der Waals surface area contributed by atoms with E-state index in [1.807, 2.05) is 38.1 Å². The second-order valence-electron chi connectivity index (χ2n) is 5.32. The van der Waals surface area contributed by atoms with Crippen molar-refractivity contribution in [2.24, 2.45) is 0 Å². The predicted octanol–water partition coefficient (Wildman–Crippen LogP) is 4.26. The maximum Gasteiger partial charge on any atom is 0.266 e. The Bertz CT molecular complexity index is 685. The smallest absolute Gasteiger partial charge is 0.266 e. The fraction of sp³-hybridized carbons (Fsp3) is 0.333. The van der Waals surface area contributed by atoms with Crippen molar-refractivity contribution < 1.29 is 14.3 Å². The summed E-state index contributed by atoms with van der Waals surface area (Å²) in [5.74, 6) is 1.22. The van der Waals surface area contributed by atoms with Crippen molar-refractivity contribution in [3.8, 4) is 11.5 Å². The van der Waals surface area contributed by atoms with E-state index in [1.54, 1.807) is 18.1 Å². The summed E-state index contributed by atoms with van der Waals surface area (Å²) in [6, 6.07) is 5.65. The molecule has 1 heterocycles. The minimum Gasteiger partial charge on any atom is -0.493 e. The highest BCUT2D eigenvalue weighted by atomic mass is 32.2. The lowest BCUT2D eigenvalue weighted by Crippen LogP contribution is -2.36. The first-order valence-corrected chi connectivity index (χ1v) is 8.93. The number of amides is 1. The van der Waals surface area contributed by atoms with Crippen molar-refractivity contribution in [1.29, 1.82) is 0 Å². The molecule has 1 aromatic carbocycles. The minimum atomic E-state index is -0.0368. The first-order chi connectivity index (χ1) is 11.5. The number of carbonyl (C=O) groups is 1. The van der Waals surface area contributed by atoms with Gasteiger partial charge in [-0.1, -0.05) is 49.6 Å². The Morgan fingerprint density at radius 1 is 1.42 bits per heavy atom. The van der Waals surface area contributed by atoms with E-state index in [4.69, 9.17) is 21.7 Å². The SMILES string of the molecule is C=CCOc1ccc(/C=C2/SC(=S)N([C@@H](C)CC)C2=O)cc1OC. The van der Waals surface area contributed by atoms with E-state index < -0.39 is 0 Å². The monoisotopic (exact) mass is 363 g/mol. The Morgan fingerprint density at radius 3 is 2.79 bits per heavy atom. The Morgan fingerprint density at radius 2 is 2.17 bits per heavy atom. The number of nitrogens with zero attached hydrogens (tertiary/aromatic N) is 1. The van der Waals surface area contributed by atoms with Gasteiger partial charge in [0.2, 0.25) is 0 Å². The molecular formula is C18H21NO3S2. The Balaban J connectivity index is 2.26. The van der Waals surface area contributed by atoms with Crippen LogP contribution in [-0.4, -0.2) is 34.9 Å². The molecule has 1 fully saturated rings. The topological polar surface area (TPSA) is 38.8 Å². The number of carbonyl (C=O) groups excluding carboxylic acids is 1. The largest absolute Gasteiger partial charge is 0.493 e. The second kappa shape index (κ2) is 8.35. The molecule has 1 saturated heterocycles. The second-order valence-corrected chi connectivity index (χ2v) is 6.99. The summed E-state index contributed by atoms with van der Waals surface area (Å²) in [6.07, 6.45) is 4.37. The maximum atomic E-state index is 12.6. The molecule has 1 aliphatic heterocycles. The quantitative estimate of drug-likeness (QED) is 0.411. The van der Waals surface area contributed by atoms with Gasteiger partial charge in [0.25, 0.3) is 5.91 Å². The summed E-state index contributed by atoms with van der Waals surface area (Å²) in [7, 11) is 1.59. The number of hydrogen-bond donors (Lipinski definition) is 0. The Labute approximate surface area is 152 Å². The molecular weight excluding hydrogens is 342 g/mol. The van der Waals surface area contributed by atoms with Crippen LogP contribution in [0.4, 0.5) is 0 Å². The molecule has 4 nitrogen and oxygen atoms in total. The Hall–Kier alpha value is -1.79. The molecule has 128 valence electrons. The van der Waals surface area contributed by atoms with Gasteiger partial charge < -0.3 is 9.47 Å². The van der Waals surface area contributed by atoms with Crippen molar-refractivity contribution in [2.45, 2.75) is 26.3 Å². The van der Waals surface area contributed by atoms with Gasteiger partial charge in [-0.05, 0) is 37.1 Å². The molecule has 0 saturated carbocycles. The van der Waals surface area contributed by atoms with Gasteiger partial charge in [0.15, 0.2) is 11.5 Å². The van der Waals surface area contributed by atoms with Crippen LogP contribution in [0, 0.1) is 0 Å². The van der Waals surface area contributed by atoms with E-state index in [-0.39, 0.29) is 11.9 Å². The zero-order chi connectivity index (χ0) is 17.7. The zero-order valence-electron chi connectivity index (χ0n) is 14.1. The van der Waals surface area contributed by atoms with Gasteiger partial charge in [-0.15, -0.1) is 0 Å². The highest BCUT2D eigenvalue weighted by molar-refractivity contribution is 8.26. The van der Waals surface area contributed by atoms with E-state index in [9.17, 15) is 4.79 Å². The number of rotatable bonds is 7. The van der Waals surface area contributed by atoms with Gasteiger partial charge in [-0.2, -0.15) is 0 Å². The number of thiocarbonyl (C=S) groups is 1. The summed E-state index contributed by atoms with van der Waals surface area (Å²) in [4.78, 5) is 14.9. The van der Waals surface area contributed by atoms with Crippen LogP contribution in [0.3, 0.4) is 0 Å². The highest BCUT2D eigenvalue weighted by Gasteiger charge is 2.34. The molecule has 0 radical (unpaired) electrons. The van der Waals surface area contributed by atoms with Crippen LogP contribution in [0.5, 0.6) is 11.5 Å². The predicted molar refractivity (Wildman–Crippen MR) is 103 cm³/mol. The zero-order valence-corrected chi connectivity index (χ0v) is 15.7. The van der Waals surface area contributed by atoms with E-state index >= 15 is 0 Å². The van der Waals surface area contributed by atoms with E-state index in [0.717, 1.165) is 12.0 Å². The van der Waals surface area contributed by atoms with Gasteiger partial charge >= 0.3 is 0 Å². The molecule has 1 amide bonds. The Kier molecular flexibility index (Phi) is 6.45. The van der Waals surface area contributed by atoms with E-state index in [1.165, 1.54) is 11.8 Å². The van der Waals surface area contributed by atoms with Crippen LogP contribution < -0.4 is 9.47 Å². The molecule has 0 spiro atoms. The number of methoxy groups -OCH3 is 1. The van der Waals surface area contributed by atoms with Crippen molar-refractivity contribution in [3.05, 3.63) is 41.3 Å². The van der Waals surface area contributed by atoms with Crippen LogP contribution >= 0.6 is 24.0 Å². The summed E-state index contributed by atoms with van der Waals surface area (Å²) < 4.78 is 11.5. The third-order valence-corrected chi connectivity index (χ3v) is 5.03. The molecule has 0 aromatic heterocycles. The fourth-order valence-corrected chi connectivity index (χ4v) is 3.70. The van der Waals surface area contributed by atoms with Crippen molar-refractivity contribution in [2.75, 3.05) is 13.7 Å². The number of thioether (sulfide) groups is 1. The average molecular weight is 364 g/mol. The van der Waals surface area contributed by atoms with E-state index in [0.29, 0.717) is 27.3 Å². The fourth-order valence-electron chi connectivity index (χ4n) is 2.24. The maximum absolute atomic E-state index is 12.6. The molecule has 0 N–H and O–H groups in total. The molecule has 1 atom stereocenters. The summed E-state index contributed by atoms with van der Waals surface area (Å²) in [5, 5.41) is 0. The first-order valence-electron chi connectivity index (χ1n) is 7.70. The first kappa shape index (κ1) is 18.5. The lowest BCUT2D eigenvalue weighted by Gasteiger charge is -2.21. The van der Waals surface area contributed by atoms with Crippen LogP contribution in [0.2, 0.25) is 0 Å². The van der Waals surface area contributed by atoms with Gasteiger partial charge in [0, 0.05) is 6.04 Å². The molecule has 1 aliphatic rings. The summed E-state index contributed by atoms with van der Waals surface area (Å²) >= 11 is 6.68. The minimum absolute atomic E-state index is 0.0368. The third-order valence-electron chi connectivity index (χ3n) is 3.70. The summed E-state index contributed by atoms with van der Waals surface area (Å²) in [5.41, 5.74) is 0.863. The normalized spacial score (nSPS) is 17.3. The van der Waals surface area contributed by atoms with Gasteiger partial charge in [-0.3, -0.25) is 9.69 Å². The van der Waals surface area contributed by atoms with Crippen molar-refractivity contribution >= 4 is 40.3 Å². The lowest BCUT2D eigenvalue weighted by molar-refractivity contribution is -0.123. The van der Waals surface area contributed by atoms with Gasteiger partial charge in [-0.25, -0.2) is 0 Å². The molecule has 0 aliphatic carbocycles. The molecule has 0 bridgehead atoms. The van der Waals surface area contributed by atoms with Crippen molar-refractivity contribution in [1.82, 2.24) is 4.90 Å². The van der Waals surface area contributed by atoms with Gasteiger partial charge in [0.1, 0.15) is 10.9 Å². The van der Waals surface area contributed by atoms with Crippen LogP contribution in [0.1, 0.15) is 25.8 Å². The van der Waals surface area contributed by atoms with Crippen LogP contribution in [0.25, 0.3) is 6.08 Å². The summed E-state index contributed by atoms with van der Waals surface area (Å²) in [6.45, 7) is 8.08. The average Bonchev–Trinajstić information content (AvgIpc) is 2.86. The molecule has 6 heteroatoms. The number of hydrogen-bond acceptors (Lipinski definition) is 5. The van der Waals surface area contributed by atoms with Crippen LogP contribution in [0.15, 0.2) is 35.8 Å². The molecule has 0 unspecified atom stereocenters. The van der Waals surface area contributed by atoms with Crippen molar-refractivity contribution in [3.63, 3.8) is 0 Å². The highest BCUT2D eigenvalue weighted by Crippen LogP contribution is 2.36. The molecule has 24 heavy (non-hydrogen) atoms. The van der Waals surface area contributed by atoms with Gasteiger partial charge in [0.05, 0.1) is 12.0 Å². The number of ether oxygens (including phenoxy) is 2.